The number of rotatable bonds is 11. The standard InChI is InChI=1S/2C32H31.C2H7Si.2ClH.Zr/c2*1-3-7-26(8-4-1)28-11-12-29(27-9-5-2-6-10-27)31-17-25(16-30(28)31)21-32-18-22-13-23(19-32)15-24(14-22)20-32;1-3-2;;;/h2*1-12,16-17,22-24H,13-15,18-21H2;3H,1-2H3;2*1H;/q;;;;;+2/p-2. The topological polar surface area (TPSA) is 0 Å². The fraction of sp³-hybridized carbons (Fsp3) is 0.394. The zero-order valence-corrected chi connectivity index (χ0v) is 46.5. The fourth-order valence-electron chi connectivity index (χ4n) is 18.9. The molecular formula is C66H69Cl2SiZr. The van der Waals surface area contributed by atoms with Crippen molar-refractivity contribution in [3.8, 4) is 44.5 Å². The number of hydrogen-bond acceptors (Lipinski definition) is 0. The van der Waals surface area contributed by atoms with Gasteiger partial charge in [0.25, 0.3) is 0 Å². The van der Waals surface area contributed by atoms with Gasteiger partial charge in [0.1, 0.15) is 0 Å². The van der Waals surface area contributed by atoms with E-state index in [-0.39, 0.29) is 7.25 Å². The summed E-state index contributed by atoms with van der Waals surface area (Å²) in [4.78, 5) is 0. The third-order valence-electron chi connectivity index (χ3n) is 20.6. The van der Waals surface area contributed by atoms with Crippen LogP contribution >= 0.6 is 17.0 Å². The predicted octanol–water partition coefficient (Wildman–Crippen LogP) is 19.1. The monoisotopic (exact) mass is 1050 g/mol. The van der Waals surface area contributed by atoms with Gasteiger partial charge in [-0.15, -0.1) is 0 Å². The molecule has 0 aromatic heterocycles. The van der Waals surface area contributed by atoms with Crippen LogP contribution in [-0.2, 0) is 15.6 Å². The van der Waals surface area contributed by atoms with Crippen LogP contribution in [0.2, 0.25) is 13.1 Å². The van der Waals surface area contributed by atoms with E-state index in [1.807, 2.05) is 0 Å². The average Bonchev–Trinajstić information content (AvgIpc) is 3.93. The molecule has 6 aromatic carbocycles. The molecule has 8 fully saturated rings. The molecule has 0 saturated heterocycles. The van der Waals surface area contributed by atoms with Gasteiger partial charge in [-0.2, -0.15) is 0 Å². The van der Waals surface area contributed by atoms with Gasteiger partial charge in [-0.05, 0) is 0 Å². The molecule has 2 atom stereocenters. The summed E-state index contributed by atoms with van der Waals surface area (Å²) < 4.78 is 0.0241. The molecule has 355 valence electrons. The fourth-order valence-corrected chi connectivity index (χ4v) is 49.9. The minimum atomic E-state index is -5.51. The molecule has 0 nitrogen and oxygen atoms in total. The summed E-state index contributed by atoms with van der Waals surface area (Å²) in [6, 6.07) is 55.1. The molecule has 2 unspecified atom stereocenters. The van der Waals surface area contributed by atoms with Crippen LogP contribution in [0.5, 0.6) is 0 Å². The second kappa shape index (κ2) is 16.8. The van der Waals surface area contributed by atoms with E-state index in [4.69, 9.17) is 0 Å². The SMILES string of the molecule is C[SiH](C)[Zr]([Cl])([Cl])([CH]1C(CC23CC4CC(CC(C4)C2)C3)=Cc2c(-c3ccccc3)ccc(-c3ccccc3)c21)[CH]1C(CC23CC4CC(CC(C4)C2)C3)=Cc2c(-c3ccccc3)ccc(-c3ccccc3)c21. The number of halogens is 2. The number of hydrogen-bond donors (Lipinski definition) is 0. The molecule has 8 saturated carbocycles. The van der Waals surface area contributed by atoms with Crippen LogP contribution in [0.1, 0.15) is 119 Å². The normalized spacial score (nSPS) is 31.6. The summed E-state index contributed by atoms with van der Waals surface area (Å²) in [6.45, 7) is 5.25. The van der Waals surface area contributed by atoms with Crippen LogP contribution in [0.25, 0.3) is 56.7 Å². The van der Waals surface area contributed by atoms with E-state index in [0.717, 1.165) is 48.3 Å². The molecule has 10 aliphatic rings. The number of allylic oxidation sites excluding steroid dienone is 2. The minimum absolute atomic E-state index is 0.0121. The van der Waals surface area contributed by atoms with Crippen molar-refractivity contribution < 1.29 is 15.6 Å². The van der Waals surface area contributed by atoms with E-state index in [0.29, 0.717) is 10.8 Å². The Morgan fingerprint density at radius 2 is 0.671 bits per heavy atom. The summed E-state index contributed by atoms with van der Waals surface area (Å²) in [7, 11) is 19.7. The van der Waals surface area contributed by atoms with Crippen LogP contribution in [0, 0.1) is 46.3 Å². The van der Waals surface area contributed by atoms with Gasteiger partial charge in [0, 0.05) is 0 Å². The van der Waals surface area contributed by atoms with Crippen molar-refractivity contribution in [2.75, 3.05) is 0 Å². The molecule has 70 heavy (non-hydrogen) atoms. The van der Waals surface area contributed by atoms with Gasteiger partial charge in [0.05, 0.1) is 0 Å². The van der Waals surface area contributed by atoms with Crippen LogP contribution in [-0.4, -0.2) is 5.92 Å². The van der Waals surface area contributed by atoms with Gasteiger partial charge >= 0.3 is 431 Å². The van der Waals surface area contributed by atoms with Crippen LogP contribution in [0.4, 0.5) is 0 Å². The Balaban J connectivity index is 1.05. The summed E-state index contributed by atoms with van der Waals surface area (Å²) in [5.41, 5.74) is 20.1. The Bertz CT molecular complexity index is 2800. The van der Waals surface area contributed by atoms with Crippen molar-refractivity contribution in [2.24, 2.45) is 46.3 Å². The Morgan fingerprint density at radius 3 is 0.957 bits per heavy atom. The van der Waals surface area contributed by atoms with Crippen molar-refractivity contribution in [1.29, 1.82) is 0 Å². The van der Waals surface area contributed by atoms with Gasteiger partial charge in [-0.1, -0.05) is 0 Å². The number of fused-ring (bicyclic) bond motifs is 2. The summed E-state index contributed by atoms with van der Waals surface area (Å²) in [5, 5.41) is 0. The first-order valence-electron chi connectivity index (χ1n) is 27.6. The first kappa shape index (κ1) is 45.1. The summed E-state index contributed by atoms with van der Waals surface area (Å²) in [6.07, 6.45) is 24.8. The maximum absolute atomic E-state index is 9.83. The Labute approximate surface area is 427 Å². The molecule has 10 aliphatic carbocycles. The second-order valence-electron chi connectivity index (χ2n) is 25.3. The van der Waals surface area contributed by atoms with E-state index < -0.39 is 21.5 Å². The van der Waals surface area contributed by atoms with Crippen molar-refractivity contribution >= 4 is 35.1 Å². The maximum atomic E-state index is 9.83. The Kier molecular flexibility index (Phi) is 10.8. The first-order valence-corrected chi connectivity index (χ1v) is 43.9. The third kappa shape index (κ3) is 7.16. The molecule has 0 N–H and O–H groups in total. The van der Waals surface area contributed by atoms with Crippen molar-refractivity contribution in [3.63, 3.8) is 0 Å². The molecule has 0 aliphatic heterocycles. The van der Waals surface area contributed by atoms with E-state index in [1.54, 1.807) is 11.1 Å². The number of benzene rings is 6. The van der Waals surface area contributed by atoms with Gasteiger partial charge in [-0.25, -0.2) is 0 Å². The van der Waals surface area contributed by atoms with Gasteiger partial charge in [-0.3, -0.25) is 0 Å². The van der Waals surface area contributed by atoms with Gasteiger partial charge in [0.2, 0.25) is 0 Å². The van der Waals surface area contributed by atoms with Crippen molar-refractivity contribution in [2.45, 2.75) is 110 Å². The van der Waals surface area contributed by atoms with Crippen LogP contribution in [0.15, 0.2) is 157 Å². The van der Waals surface area contributed by atoms with Crippen molar-refractivity contribution in [1.82, 2.24) is 0 Å². The Hall–Kier alpha value is -3.52. The van der Waals surface area contributed by atoms with E-state index in [9.17, 15) is 17.0 Å². The molecule has 0 amide bonds. The molecule has 0 heterocycles. The average molecular weight is 1050 g/mol. The molecule has 8 bridgehead atoms. The predicted molar refractivity (Wildman–Crippen MR) is 297 cm³/mol. The van der Waals surface area contributed by atoms with E-state index in [1.165, 1.54) is 144 Å². The molecule has 0 radical (unpaired) electrons. The molecule has 4 heteroatoms. The molecule has 0 spiro atoms. The van der Waals surface area contributed by atoms with Crippen molar-refractivity contribution in [3.05, 3.63) is 179 Å². The molecule has 16 rings (SSSR count). The van der Waals surface area contributed by atoms with Crippen LogP contribution in [0.3, 0.4) is 0 Å². The first-order chi connectivity index (χ1) is 34.0. The summed E-state index contributed by atoms with van der Waals surface area (Å²) >= 11 is -5.51. The second-order valence-corrected chi connectivity index (χ2v) is 67.8. The van der Waals surface area contributed by atoms with E-state index in [2.05, 4.69) is 171 Å². The quantitative estimate of drug-likeness (QED) is 0.113. The Morgan fingerprint density at radius 1 is 0.400 bits per heavy atom. The van der Waals surface area contributed by atoms with Crippen LogP contribution < -0.4 is 0 Å². The zero-order valence-electron chi connectivity index (χ0n) is 41.4. The third-order valence-corrected chi connectivity index (χ3v) is 72.3. The zero-order chi connectivity index (χ0) is 47.0. The van der Waals surface area contributed by atoms with E-state index >= 15 is 0 Å². The summed E-state index contributed by atoms with van der Waals surface area (Å²) in [5.74, 6) is 3.33. The molecular weight excluding hydrogens is 983 g/mol. The van der Waals surface area contributed by atoms with Gasteiger partial charge < -0.3 is 0 Å². The van der Waals surface area contributed by atoms with Gasteiger partial charge in [0.15, 0.2) is 0 Å². The molecule has 6 aromatic rings.